The second-order valence-corrected chi connectivity index (χ2v) is 6.27. The smallest absolute Gasteiger partial charge is 0.292 e. The molecule has 2 aliphatic rings. The Bertz CT molecular complexity index is 701. The van der Waals surface area contributed by atoms with Gasteiger partial charge in [0.15, 0.2) is 0 Å². The molecule has 0 bridgehead atoms. The van der Waals surface area contributed by atoms with Gasteiger partial charge in [-0.1, -0.05) is 0 Å². The predicted molar refractivity (Wildman–Crippen MR) is 90.1 cm³/mol. The van der Waals surface area contributed by atoms with Crippen molar-refractivity contribution < 1.29 is 14.5 Å². The monoisotopic (exact) mass is 344 g/mol. The third kappa shape index (κ3) is 3.72. The van der Waals surface area contributed by atoms with Crippen LogP contribution in [0.2, 0.25) is 0 Å². The molecule has 0 aromatic heterocycles. The Hall–Kier alpha value is -2.66. The van der Waals surface area contributed by atoms with Crippen molar-refractivity contribution in [2.75, 3.05) is 44.3 Å². The van der Waals surface area contributed by atoms with Gasteiger partial charge in [0.25, 0.3) is 5.69 Å². The minimum Gasteiger partial charge on any atom is -0.378 e. The highest BCUT2D eigenvalue weighted by atomic mass is 16.6. The summed E-state index contributed by atoms with van der Waals surface area (Å²) in [6.07, 6.45) is 1.31. The van der Waals surface area contributed by atoms with Crippen LogP contribution in [0.3, 0.4) is 0 Å². The average molecular weight is 344 g/mol. The zero-order valence-electron chi connectivity index (χ0n) is 13.9. The number of carbonyl (C=O) groups is 1. The molecule has 2 heterocycles. The topological polar surface area (TPSA) is 99.7 Å². The SMILES string of the molecule is N#Cc1ccc([N+](=O)[O-])c(N2CCC(C(=O)N3CCOCC3)CC2)c1. The lowest BCUT2D eigenvalue weighted by Gasteiger charge is -2.36. The average Bonchev–Trinajstić information content (AvgIpc) is 2.67. The van der Waals surface area contributed by atoms with E-state index in [9.17, 15) is 14.9 Å². The molecule has 0 aliphatic carbocycles. The fourth-order valence-electron chi connectivity index (χ4n) is 3.41. The maximum atomic E-state index is 12.6. The van der Waals surface area contributed by atoms with E-state index in [1.165, 1.54) is 12.1 Å². The van der Waals surface area contributed by atoms with E-state index in [0.29, 0.717) is 63.5 Å². The standard InChI is InChI=1S/C17H20N4O4/c18-12-13-1-2-15(21(23)24)16(11-13)19-5-3-14(4-6-19)17(22)20-7-9-25-10-8-20/h1-2,11,14H,3-10H2. The Morgan fingerprint density at radius 3 is 2.52 bits per heavy atom. The first-order chi connectivity index (χ1) is 12.1. The molecular formula is C17H20N4O4. The number of rotatable bonds is 3. The highest BCUT2D eigenvalue weighted by Crippen LogP contribution is 2.32. The van der Waals surface area contributed by atoms with Crippen molar-refractivity contribution in [3.8, 4) is 6.07 Å². The van der Waals surface area contributed by atoms with Crippen LogP contribution in [0.4, 0.5) is 11.4 Å². The molecule has 1 amide bonds. The lowest BCUT2D eigenvalue weighted by molar-refractivity contribution is -0.384. The molecule has 25 heavy (non-hydrogen) atoms. The van der Waals surface area contributed by atoms with Crippen molar-refractivity contribution >= 4 is 17.3 Å². The van der Waals surface area contributed by atoms with Crippen LogP contribution in [-0.4, -0.2) is 55.1 Å². The maximum Gasteiger partial charge on any atom is 0.292 e. The molecule has 0 spiro atoms. The predicted octanol–water partition coefficient (Wildman–Crippen LogP) is 1.54. The number of nitrogens with zero attached hydrogens (tertiary/aromatic N) is 4. The summed E-state index contributed by atoms with van der Waals surface area (Å²) in [7, 11) is 0. The molecule has 0 unspecified atom stereocenters. The highest BCUT2D eigenvalue weighted by molar-refractivity contribution is 5.79. The van der Waals surface area contributed by atoms with Gasteiger partial charge in [0, 0.05) is 38.2 Å². The molecule has 1 aromatic rings. The van der Waals surface area contributed by atoms with Gasteiger partial charge in [0.2, 0.25) is 5.91 Å². The third-order valence-electron chi connectivity index (χ3n) is 4.81. The number of piperidine rings is 1. The van der Waals surface area contributed by atoms with Gasteiger partial charge < -0.3 is 14.5 Å². The molecule has 0 N–H and O–H groups in total. The van der Waals surface area contributed by atoms with Crippen LogP contribution in [0.15, 0.2) is 18.2 Å². The maximum absolute atomic E-state index is 12.6. The Balaban J connectivity index is 1.69. The number of benzene rings is 1. The molecule has 1 aromatic carbocycles. The zero-order chi connectivity index (χ0) is 17.8. The molecule has 2 fully saturated rings. The van der Waals surface area contributed by atoms with E-state index < -0.39 is 4.92 Å². The summed E-state index contributed by atoms with van der Waals surface area (Å²) in [6.45, 7) is 3.56. The number of nitro benzene ring substituents is 1. The van der Waals surface area contributed by atoms with Crippen LogP contribution in [0, 0.1) is 27.4 Å². The number of hydrogen-bond acceptors (Lipinski definition) is 6. The molecular weight excluding hydrogens is 324 g/mol. The first-order valence-electron chi connectivity index (χ1n) is 8.40. The van der Waals surface area contributed by atoms with Crippen molar-refractivity contribution in [2.24, 2.45) is 5.92 Å². The summed E-state index contributed by atoms with van der Waals surface area (Å²) >= 11 is 0. The van der Waals surface area contributed by atoms with Gasteiger partial charge in [0.1, 0.15) is 5.69 Å². The molecule has 2 saturated heterocycles. The van der Waals surface area contributed by atoms with Gasteiger partial charge in [-0.05, 0) is 25.0 Å². The Kier molecular flexibility index (Phi) is 5.14. The first kappa shape index (κ1) is 17.2. The quantitative estimate of drug-likeness (QED) is 0.609. The molecule has 0 radical (unpaired) electrons. The molecule has 8 nitrogen and oxygen atoms in total. The zero-order valence-corrected chi connectivity index (χ0v) is 13.9. The van der Waals surface area contributed by atoms with Crippen LogP contribution < -0.4 is 4.90 Å². The van der Waals surface area contributed by atoms with Crippen molar-refractivity contribution in [1.29, 1.82) is 5.26 Å². The summed E-state index contributed by atoms with van der Waals surface area (Å²) in [4.78, 5) is 27.2. The normalized spacial score (nSPS) is 18.7. The minimum atomic E-state index is -0.429. The molecule has 0 saturated carbocycles. The largest absolute Gasteiger partial charge is 0.378 e. The molecule has 132 valence electrons. The van der Waals surface area contributed by atoms with Gasteiger partial charge in [-0.15, -0.1) is 0 Å². The Morgan fingerprint density at radius 1 is 1.24 bits per heavy atom. The summed E-state index contributed by atoms with van der Waals surface area (Å²) < 4.78 is 5.28. The van der Waals surface area contributed by atoms with E-state index in [0.717, 1.165) is 0 Å². The van der Waals surface area contributed by atoms with Crippen LogP contribution in [0.5, 0.6) is 0 Å². The Labute approximate surface area is 145 Å². The van der Waals surface area contributed by atoms with Crippen molar-refractivity contribution in [3.63, 3.8) is 0 Å². The molecule has 2 aliphatic heterocycles. The number of ether oxygens (including phenoxy) is 1. The summed E-state index contributed by atoms with van der Waals surface area (Å²) in [6, 6.07) is 6.41. The number of hydrogen-bond donors (Lipinski definition) is 0. The highest BCUT2D eigenvalue weighted by Gasteiger charge is 2.31. The van der Waals surface area contributed by atoms with Gasteiger partial charge in [0.05, 0.1) is 29.8 Å². The van der Waals surface area contributed by atoms with E-state index >= 15 is 0 Å². The van der Waals surface area contributed by atoms with Crippen molar-refractivity contribution in [2.45, 2.75) is 12.8 Å². The van der Waals surface area contributed by atoms with E-state index in [4.69, 9.17) is 10.00 Å². The molecule has 0 atom stereocenters. The number of morpholine rings is 1. The van der Waals surface area contributed by atoms with Gasteiger partial charge >= 0.3 is 0 Å². The van der Waals surface area contributed by atoms with Crippen molar-refractivity contribution in [3.05, 3.63) is 33.9 Å². The second kappa shape index (κ2) is 7.49. The van der Waals surface area contributed by atoms with E-state index in [1.807, 2.05) is 15.9 Å². The summed E-state index contributed by atoms with van der Waals surface area (Å²) in [5, 5.41) is 20.3. The van der Waals surface area contributed by atoms with Crippen LogP contribution in [0.1, 0.15) is 18.4 Å². The lowest BCUT2D eigenvalue weighted by Crippen LogP contribution is -2.46. The van der Waals surface area contributed by atoms with Crippen LogP contribution >= 0.6 is 0 Å². The fourth-order valence-corrected chi connectivity index (χ4v) is 3.41. The first-order valence-corrected chi connectivity index (χ1v) is 8.40. The van der Waals surface area contributed by atoms with Crippen molar-refractivity contribution in [1.82, 2.24) is 4.90 Å². The lowest BCUT2D eigenvalue weighted by atomic mass is 9.94. The second-order valence-electron chi connectivity index (χ2n) is 6.27. The van der Waals surface area contributed by atoms with E-state index in [1.54, 1.807) is 6.07 Å². The third-order valence-corrected chi connectivity index (χ3v) is 4.81. The van der Waals surface area contributed by atoms with Crippen LogP contribution in [-0.2, 0) is 9.53 Å². The van der Waals surface area contributed by atoms with Gasteiger partial charge in [-0.2, -0.15) is 5.26 Å². The number of nitro groups is 1. The number of carbonyl (C=O) groups excluding carboxylic acids is 1. The van der Waals surface area contributed by atoms with E-state index in [-0.39, 0.29) is 17.5 Å². The van der Waals surface area contributed by atoms with E-state index in [2.05, 4.69) is 0 Å². The number of nitriles is 1. The van der Waals surface area contributed by atoms with Crippen LogP contribution in [0.25, 0.3) is 0 Å². The summed E-state index contributed by atoms with van der Waals surface area (Å²) in [5.41, 5.74) is 0.852. The number of amides is 1. The molecule has 3 rings (SSSR count). The fraction of sp³-hybridized carbons (Fsp3) is 0.529. The van der Waals surface area contributed by atoms with Gasteiger partial charge in [-0.25, -0.2) is 0 Å². The minimum absolute atomic E-state index is 0.00282. The summed E-state index contributed by atoms with van der Waals surface area (Å²) in [5.74, 6) is 0.107. The van der Waals surface area contributed by atoms with Gasteiger partial charge in [-0.3, -0.25) is 14.9 Å². The Morgan fingerprint density at radius 2 is 1.92 bits per heavy atom. The molecule has 8 heteroatoms. The number of anilines is 1.